The van der Waals surface area contributed by atoms with Crippen molar-refractivity contribution >= 4 is 5.91 Å². The van der Waals surface area contributed by atoms with Crippen LogP contribution in [0.4, 0.5) is 0 Å². The Labute approximate surface area is 131 Å². The van der Waals surface area contributed by atoms with E-state index in [4.69, 9.17) is 14.6 Å². The lowest BCUT2D eigenvalue weighted by Crippen LogP contribution is -2.49. The molecule has 1 aliphatic heterocycles. The Hall–Kier alpha value is -1.63. The van der Waals surface area contributed by atoms with Gasteiger partial charge in [0.05, 0.1) is 13.2 Å². The van der Waals surface area contributed by atoms with E-state index in [1.54, 1.807) is 13.2 Å². The minimum absolute atomic E-state index is 0.0286. The van der Waals surface area contributed by atoms with Gasteiger partial charge >= 0.3 is 0 Å². The molecule has 0 spiro atoms. The van der Waals surface area contributed by atoms with Gasteiger partial charge in [-0.05, 0) is 18.2 Å². The van der Waals surface area contributed by atoms with Crippen LogP contribution in [-0.4, -0.2) is 80.5 Å². The standard InChI is InChI=1S/C16H24N2O4/c1-21-11-12-22-15-4-2-3-14(13-15)16(20)18-7-5-17(6-8-18)9-10-19/h2-4,13,19H,5-12H2,1H3. The van der Waals surface area contributed by atoms with Gasteiger partial charge in [-0.2, -0.15) is 0 Å². The van der Waals surface area contributed by atoms with Crippen LogP contribution >= 0.6 is 0 Å². The number of hydrogen-bond donors (Lipinski definition) is 1. The molecule has 22 heavy (non-hydrogen) atoms. The Kier molecular flexibility index (Phi) is 6.64. The van der Waals surface area contributed by atoms with Crippen LogP contribution in [-0.2, 0) is 4.74 Å². The van der Waals surface area contributed by atoms with Gasteiger partial charge in [-0.1, -0.05) is 6.07 Å². The van der Waals surface area contributed by atoms with Crippen LogP contribution in [0.1, 0.15) is 10.4 Å². The van der Waals surface area contributed by atoms with Gasteiger partial charge in [-0.3, -0.25) is 9.69 Å². The summed E-state index contributed by atoms with van der Waals surface area (Å²) in [5, 5.41) is 8.95. The molecular formula is C16H24N2O4. The quantitative estimate of drug-likeness (QED) is 0.742. The van der Waals surface area contributed by atoms with Crippen LogP contribution < -0.4 is 4.74 Å². The summed E-state index contributed by atoms with van der Waals surface area (Å²) in [6.07, 6.45) is 0. The Morgan fingerprint density at radius 1 is 1.23 bits per heavy atom. The SMILES string of the molecule is COCCOc1cccc(C(=O)N2CCN(CCO)CC2)c1. The number of carbonyl (C=O) groups is 1. The molecule has 0 aliphatic carbocycles. The number of ether oxygens (including phenoxy) is 2. The van der Waals surface area contributed by atoms with E-state index in [1.807, 2.05) is 23.1 Å². The highest BCUT2D eigenvalue weighted by Crippen LogP contribution is 2.16. The molecule has 122 valence electrons. The van der Waals surface area contributed by atoms with Crippen molar-refractivity contribution in [3.05, 3.63) is 29.8 Å². The molecule has 0 unspecified atom stereocenters. The first kappa shape index (κ1) is 16.7. The summed E-state index contributed by atoms with van der Waals surface area (Å²) in [4.78, 5) is 16.5. The first-order valence-electron chi connectivity index (χ1n) is 7.59. The molecular weight excluding hydrogens is 284 g/mol. The van der Waals surface area contributed by atoms with Crippen molar-refractivity contribution in [1.82, 2.24) is 9.80 Å². The zero-order valence-corrected chi connectivity index (χ0v) is 13.0. The minimum Gasteiger partial charge on any atom is -0.491 e. The Morgan fingerprint density at radius 3 is 2.68 bits per heavy atom. The van der Waals surface area contributed by atoms with Crippen molar-refractivity contribution < 1.29 is 19.4 Å². The molecule has 1 N–H and O–H groups in total. The summed E-state index contributed by atoms with van der Waals surface area (Å²) in [7, 11) is 1.62. The summed E-state index contributed by atoms with van der Waals surface area (Å²) >= 11 is 0. The average Bonchev–Trinajstić information content (AvgIpc) is 2.56. The van der Waals surface area contributed by atoms with Gasteiger partial charge in [-0.15, -0.1) is 0 Å². The van der Waals surface area contributed by atoms with E-state index in [0.717, 1.165) is 13.1 Å². The van der Waals surface area contributed by atoms with E-state index >= 15 is 0 Å². The molecule has 6 nitrogen and oxygen atoms in total. The van der Waals surface area contributed by atoms with E-state index in [-0.39, 0.29) is 12.5 Å². The minimum atomic E-state index is 0.0286. The summed E-state index contributed by atoms with van der Waals surface area (Å²) in [5.41, 5.74) is 0.644. The molecule has 1 amide bonds. The van der Waals surface area contributed by atoms with Crippen LogP contribution in [0.2, 0.25) is 0 Å². The van der Waals surface area contributed by atoms with Crippen molar-refractivity contribution in [2.45, 2.75) is 0 Å². The van der Waals surface area contributed by atoms with Crippen molar-refractivity contribution in [3.63, 3.8) is 0 Å². The van der Waals surface area contributed by atoms with E-state index in [2.05, 4.69) is 4.90 Å². The summed E-state index contributed by atoms with van der Waals surface area (Å²) in [6.45, 7) is 4.80. The Balaban J connectivity index is 1.91. The number of nitrogens with zero attached hydrogens (tertiary/aromatic N) is 2. The highest BCUT2D eigenvalue weighted by Gasteiger charge is 2.21. The summed E-state index contributed by atoms with van der Waals surface area (Å²) < 4.78 is 10.5. The van der Waals surface area contributed by atoms with E-state index < -0.39 is 0 Å². The second-order valence-corrected chi connectivity index (χ2v) is 5.23. The van der Waals surface area contributed by atoms with E-state index in [1.165, 1.54) is 0 Å². The largest absolute Gasteiger partial charge is 0.491 e. The predicted octanol–water partition coefficient (Wildman–Crippen LogP) is 0.462. The lowest BCUT2D eigenvalue weighted by molar-refractivity contribution is 0.0614. The van der Waals surface area contributed by atoms with Crippen molar-refractivity contribution in [1.29, 1.82) is 0 Å². The number of amides is 1. The lowest BCUT2D eigenvalue weighted by atomic mass is 10.1. The lowest BCUT2D eigenvalue weighted by Gasteiger charge is -2.34. The Bertz CT molecular complexity index is 473. The summed E-state index contributed by atoms with van der Waals surface area (Å²) in [6, 6.07) is 7.26. The fourth-order valence-electron chi connectivity index (χ4n) is 2.46. The van der Waals surface area contributed by atoms with Crippen molar-refractivity contribution in [3.8, 4) is 5.75 Å². The zero-order valence-electron chi connectivity index (χ0n) is 13.0. The van der Waals surface area contributed by atoms with Gasteiger partial charge in [0.25, 0.3) is 5.91 Å². The van der Waals surface area contributed by atoms with Gasteiger partial charge < -0.3 is 19.5 Å². The van der Waals surface area contributed by atoms with Crippen LogP contribution in [0.5, 0.6) is 5.75 Å². The highest BCUT2D eigenvalue weighted by molar-refractivity contribution is 5.94. The molecule has 6 heteroatoms. The molecule has 0 atom stereocenters. The number of rotatable bonds is 7. The van der Waals surface area contributed by atoms with Crippen LogP contribution in [0.25, 0.3) is 0 Å². The normalized spacial score (nSPS) is 15.8. The van der Waals surface area contributed by atoms with Crippen LogP contribution in [0.15, 0.2) is 24.3 Å². The number of carbonyl (C=O) groups excluding carboxylic acids is 1. The zero-order chi connectivity index (χ0) is 15.8. The maximum atomic E-state index is 12.5. The van der Waals surface area contributed by atoms with Gasteiger partial charge in [0.1, 0.15) is 12.4 Å². The number of benzene rings is 1. The molecule has 1 aromatic carbocycles. The smallest absolute Gasteiger partial charge is 0.254 e. The van der Waals surface area contributed by atoms with Gasteiger partial charge in [-0.25, -0.2) is 0 Å². The highest BCUT2D eigenvalue weighted by atomic mass is 16.5. The number of aliphatic hydroxyl groups excluding tert-OH is 1. The van der Waals surface area contributed by atoms with Gasteiger partial charge in [0.2, 0.25) is 0 Å². The first-order chi connectivity index (χ1) is 10.7. The van der Waals surface area contributed by atoms with Gasteiger partial charge in [0, 0.05) is 45.4 Å². The topological polar surface area (TPSA) is 62.2 Å². The predicted molar refractivity (Wildman–Crippen MR) is 83.2 cm³/mol. The number of hydrogen-bond acceptors (Lipinski definition) is 5. The molecule has 2 rings (SSSR count). The molecule has 1 aromatic rings. The van der Waals surface area contributed by atoms with E-state index in [0.29, 0.717) is 44.2 Å². The summed E-state index contributed by atoms with van der Waals surface area (Å²) in [5.74, 6) is 0.711. The molecule has 0 radical (unpaired) electrons. The third-order valence-corrected chi connectivity index (χ3v) is 3.71. The maximum absolute atomic E-state index is 12.5. The monoisotopic (exact) mass is 308 g/mol. The first-order valence-corrected chi connectivity index (χ1v) is 7.59. The molecule has 1 heterocycles. The van der Waals surface area contributed by atoms with Gasteiger partial charge in [0.15, 0.2) is 0 Å². The Morgan fingerprint density at radius 2 is 2.00 bits per heavy atom. The molecule has 0 aromatic heterocycles. The third kappa shape index (κ3) is 4.69. The average molecular weight is 308 g/mol. The molecule has 1 aliphatic rings. The van der Waals surface area contributed by atoms with Crippen molar-refractivity contribution in [2.75, 3.05) is 59.7 Å². The fraction of sp³-hybridized carbons (Fsp3) is 0.562. The fourth-order valence-corrected chi connectivity index (χ4v) is 2.46. The number of aliphatic hydroxyl groups is 1. The van der Waals surface area contributed by atoms with Crippen LogP contribution in [0.3, 0.4) is 0 Å². The second kappa shape index (κ2) is 8.73. The second-order valence-electron chi connectivity index (χ2n) is 5.23. The van der Waals surface area contributed by atoms with Crippen molar-refractivity contribution in [2.24, 2.45) is 0 Å². The van der Waals surface area contributed by atoms with E-state index in [9.17, 15) is 4.79 Å². The number of β-amino-alcohol motifs (C(OH)–C–C–N with tert-alkyl or cyclic N) is 1. The molecule has 0 saturated carbocycles. The van der Waals surface area contributed by atoms with Crippen LogP contribution in [0, 0.1) is 0 Å². The molecule has 0 bridgehead atoms. The number of methoxy groups -OCH3 is 1. The maximum Gasteiger partial charge on any atom is 0.254 e. The molecule has 1 fully saturated rings. The molecule has 1 saturated heterocycles. The third-order valence-electron chi connectivity index (χ3n) is 3.71. The number of piperazine rings is 1.